The van der Waals surface area contributed by atoms with Gasteiger partial charge in [0, 0.05) is 6.07 Å². The maximum absolute atomic E-state index is 13.8. The van der Waals surface area contributed by atoms with E-state index in [0.717, 1.165) is 12.1 Å². The zero-order chi connectivity index (χ0) is 21.4. The molecule has 0 spiro atoms. The highest BCUT2D eigenvalue weighted by atomic mass is 35.5. The molecule has 4 rings (SSSR count). The summed E-state index contributed by atoms with van der Waals surface area (Å²) in [5.41, 5.74) is 1.52. The van der Waals surface area contributed by atoms with Gasteiger partial charge in [0.25, 0.3) is 0 Å². The second-order valence-corrected chi connectivity index (χ2v) is 7.53. The predicted octanol–water partition coefficient (Wildman–Crippen LogP) is 6.78. The van der Waals surface area contributed by atoms with Crippen molar-refractivity contribution in [1.29, 1.82) is 0 Å². The topological polar surface area (TPSA) is 35.5 Å². The molecule has 0 unspecified atom stereocenters. The summed E-state index contributed by atoms with van der Waals surface area (Å²) in [6.07, 6.45) is 1.57. The van der Waals surface area contributed by atoms with Gasteiger partial charge in [-0.2, -0.15) is 0 Å². The molecule has 0 atom stereocenters. The maximum atomic E-state index is 13.8. The second-order valence-electron chi connectivity index (χ2n) is 6.72. The van der Waals surface area contributed by atoms with E-state index in [4.69, 9.17) is 32.7 Å². The molecule has 1 aliphatic heterocycles. The number of carbonyl (C=O) groups excluding carboxylic acids is 1. The van der Waals surface area contributed by atoms with Crippen LogP contribution >= 0.6 is 23.2 Å². The summed E-state index contributed by atoms with van der Waals surface area (Å²) in [6.45, 7) is 1.44. The van der Waals surface area contributed by atoms with Crippen molar-refractivity contribution in [3.8, 4) is 11.5 Å². The number of Topliss-reactive ketones (excluding diaryl/α,β-unsaturated/α-hetero) is 1. The number of aryl methyl sites for hydroxylation is 1. The smallest absolute Gasteiger partial charge is 0.232 e. The van der Waals surface area contributed by atoms with Crippen LogP contribution in [0.1, 0.15) is 27.0 Å². The molecule has 0 bridgehead atoms. The summed E-state index contributed by atoms with van der Waals surface area (Å²) in [6, 6.07) is 11.7. The number of halogens is 4. The number of benzene rings is 3. The lowest BCUT2D eigenvalue weighted by atomic mass is 10.0. The third kappa shape index (κ3) is 3.91. The van der Waals surface area contributed by atoms with Crippen molar-refractivity contribution in [2.45, 2.75) is 13.5 Å². The molecule has 0 aromatic heterocycles. The van der Waals surface area contributed by atoms with Crippen LogP contribution in [0.5, 0.6) is 11.5 Å². The van der Waals surface area contributed by atoms with Crippen molar-refractivity contribution >= 4 is 35.1 Å². The minimum absolute atomic E-state index is 0.129. The van der Waals surface area contributed by atoms with E-state index in [0.29, 0.717) is 38.2 Å². The molecule has 30 heavy (non-hydrogen) atoms. The van der Waals surface area contributed by atoms with Gasteiger partial charge in [0.1, 0.15) is 29.7 Å². The van der Waals surface area contributed by atoms with E-state index in [9.17, 15) is 13.6 Å². The van der Waals surface area contributed by atoms with Gasteiger partial charge in [-0.1, -0.05) is 35.3 Å². The molecule has 3 aromatic carbocycles. The first-order valence-corrected chi connectivity index (χ1v) is 9.68. The van der Waals surface area contributed by atoms with Crippen molar-refractivity contribution in [2.75, 3.05) is 0 Å². The van der Waals surface area contributed by atoms with Gasteiger partial charge in [-0.25, -0.2) is 8.78 Å². The minimum atomic E-state index is -0.689. The Morgan fingerprint density at radius 1 is 1.03 bits per heavy atom. The van der Waals surface area contributed by atoms with Crippen LogP contribution in [-0.2, 0) is 6.61 Å². The quantitative estimate of drug-likeness (QED) is 0.414. The van der Waals surface area contributed by atoms with Crippen molar-refractivity contribution in [1.82, 2.24) is 0 Å². The lowest BCUT2D eigenvalue weighted by Crippen LogP contribution is -2.02. The van der Waals surface area contributed by atoms with Gasteiger partial charge in [-0.15, -0.1) is 0 Å². The standard InChI is InChI=1S/C23H14Cl2F2O3/c1-12-7-14(29-11-15-18(26)3-2-4-19(15)27)10-20-22(12)23(28)21(30-20)9-13-5-6-16(24)17(25)8-13/h2-10H,11H2,1H3/b21-9-. The van der Waals surface area contributed by atoms with Crippen molar-refractivity contribution < 1.29 is 23.0 Å². The van der Waals surface area contributed by atoms with Gasteiger partial charge in [0.05, 0.1) is 21.2 Å². The lowest BCUT2D eigenvalue weighted by Gasteiger charge is -2.10. The van der Waals surface area contributed by atoms with Crippen LogP contribution in [0.15, 0.2) is 54.3 Å². The molecule has 0 saturated carbocycles. The van der Waals surface area contributed by atoms with Gasteiger partial charge in [0.2, 0.25) is 5.78 Å². The fourth-order valence-electron chi connectivity index (χ4n) is 3.14. The Morgan fingerprint density at radius 2 is 1.77 bits per heavy atom. The average molecular weight is 447 g/mol. The third-order valence-electron chi connectivity index (χ3n) is 4.63. The van der Waals surface area contributed by atoms with Crippen molar-refractivity contribution in [2.24, 2.45) is 0 Å². The number of ketones is 1. The molecular weight excluding hydrogens is 433 g/mol. The normalized spacial score (nSPS) is 14.0. The fraction of sp³-hybridized carbons (Fsp3) is 0.0870. The Hall–Kier alpha value is -2.89. The van der Waals surface area contributed by atoms with Crippen LogP contribution in [0.25, 0.3) is 6.08 Å². The molecule has 0 fully saturated rings. The Balaban J connectivity index is 1.59. The van der Waals surface area contributed by atoms with E-state index >= 15 is 0 Å². The summed E-state index contributed by atoms with van der Waals surface area (Å²) >= 11 is 11.9. The van der Waals surface area contributed by atoms with Crippen molar-refractivity contribution in [3.63, 3.8) is 0 Å². The first-order chi connectivity index (χ1) is 14.3. The fourth-order valence-corrected chi connectivity index (χ4v) is 3.45. The first kappa shape index (κ1) is 20.4. The highest BCUT2D eigenvalue weighted by molar-refractivity contribution is 6.42. The number of fused-ring (bicyclic) bond motifs is 1. The van der Waals surface area contributed by atoms with E-state index in [1.54, 1.807) is 37.3 Å². The lowest BCUT2D eigenvalue weighted by molar-refractivity contribution is 0.101. The summed E-state index contributed by atoms with van der Waals surface area (Å²) in [5, 5.41) is 0.769. The zero-order valence-corrected chi connectivity index (χ0v) is 17.2. The minimum Gasteiger partial charge on any atom is -0.489 e. The van der Waals surface area contributed by atoms with Gasteiger partial charge in [-0.05, 0) is 54.5 Å². The van der Waals surface area contributed by atoms with Gasteiger partial charge in [-0.3, -0.25) is 4.79 Å². The molecule has 3 aromatic rings. The molecule has 0 N–H and O–H groups in total. The molecule has 7 heteroatoms. The number of hydrogen-bond donors (Lipinski definition) is 0. The Kier molecular flexibility index (Phi) is 5.50. The first-order valence-electron chi connectivity index (χ1n) is 8.93. The summed E-state index contributed by atoms with van der Waals surface area (Å²) in [4.78, 5) is 12.8. The summed E-state index contributed by atoms with van der Waals surface area (Å²) in [7, 11) is 0. The molecule has 3 nitrogen and oxygen atoms in total. The number of hydrogen-bond acceptors (Lipinski definition) is 3. The predicted molar refractivity (Wildman–Crippen MR) is 111 cm³/mol. The van der Waals surface area contributed by atoms with E-state index < -0.39 is 11.6 Å². The Bertz CT molecular complexity index is 1190. The molecule has 1 heterocycles. The number of ether oxygens (including phenoxy) is 2. The monoisotopic (exact) mass is 446 g/mol. The van der Waals surface area contributed by atoms with Crippen molar-refractivity contribution in [3.05, 3.63) is 98.2 Å². The van der Waals surface area contributed by atoms with Gasteiger partial charge < -0.3 is 9.47 Å². The van der Waals surface area contributed by atoms with Gasteiger partial charge in [0.15, 0.2) is 5.76 Å². The molecule has 0 saturated heterocycles. The largest absolute Gasteiger partial charge is 0.489 e. The van der Waals surface area contributed by atoms with E-state index in [2.05, 4.69) is 0 Å². The van der Waals surface area contributed by atoms with Crippen LogP contribution in [0.3, 0.4) is 0 Å². The van der Waals surface area contributed by atoms with E-state index in [1.807, 2.05) is 0 Å². The molecule has 1 aliphatic rings. The number of rotatable bonds is 4. The molecule has 0 radical (unpaired) electrons. The highest BCUT2D eigenvalue weighted by Gasteiger charge is 2.30. The summed E-state index contributed by atoms with van der Waals surface area (Å²) < 4.78 is 38.9. The SMILES string of the molecule is Cc1cc(OCc2c(F)cccc2F)cc2c1C(=O)/C(=C/c1ccc(Cl)c(Cl)c1)O2. The second kappa shape index (κ2) is 8.09. The van der Waals surface area contributed by atoms with Crippen LogP contribution in [0, 0.1) is 18.6 Å². The van der Waals surface area contributed by atoms with E-state index in [1.165, 1.54) is 12.1 Å². The Morgan fingerprint density at radius 3 is 2.47 bits per heavy atom. The molecular formula is C23H14Cl2F2O3. The van der Waals surface area contributed by atoms with E-state index in [-0.39, 0.29) is 23.7 Å². The number of carbonyl (C=O) groups is 1. The van der Waals surface area contributed by atoms with Crippen LogP contribution < -0.4 is 9.47 Å². The highest BCUT2D eigenvalue weighted by Crippen LogP contribution is 2.38. The van der Waals surface area contributed by atoms with Crippen LogP contribution in [0.4, 0.5) is 8.78 Å². The Labute approximate surface area is 181 Å². The third-order valence-corrected chi connectivity index (χ3v) is 5.37. The van der Waals surface area contributed by atoms with Crippen LogP contribution in [-0.4, -0.2) is 5.78 Å². The average Bonchev–Trinajstić information content (AvgIpc) is 3.00. The molecule has 0 aliphatic carbocycles. The molecule has 152 valence electrons. The van der Waals surface area contributed by atoms with Gasteiger partial charge >= 0.3 is 0 Å². The number of allylic oxidation sites excluding steroid dienone is 1. The zero-order valence-electron chi connectivity index (χ0n) is 15.6. The maximum Gasteiger partial charge on any atom is 0.232 e. The van der Waals surface area contributed by atoms with Crippen LogP contribution in [0.2, 0.25) is 10.0 Å². The molecule has 0 amide bonds. The summed E-state index contributed by atoms with van der Waals surface area (Å²) in [5.74, 6) is -0.880.